The summed E-state index contributed by atoms with van der Waals surface area (Å²) in [5, 5.41) is 0. The maximum Gasteiger partial charge on any atom is 0.410 e. The number of rotatable bonds is 2. The number of allylic oxidation sites excluding steroid dienone is 1. The lowest BCUT2D eigenvalue weighted by Gasteiger charge is -2.17. The molecule has 2 aliphatic rings. The average Bonchev–Trinajstić information content (AvgIpc) is 2.96. The largest absolute Gasteiger partial charge is 0.445 e. The molecule has 1 aromatic rings. The SMILES string of the molecule is O=C(OCc1ccccc1)N1CC2=CC(F)(F)C(=O)C2C1. The second kappa shape index (κ2) is 4.95. The summed E-state index contributed by atoms with van der Waals surface area (Å²) in [4.78, 5) is 24.7. The number of halogens is 2. The summed E-state index contributed by atoms with van der Waals surface area (Å²) in [5.41, 5.74) is 1.15. The number of ketones is 1. The minimum absolute atomic E-state index is 0.0274. The molecule has 3 rings (SSSR count). The van der Waals surface area contributed by atoms with Crippen molar-refractivity contribution in [2.24, 2.45) is 5.92 Å². The van der Waals surface area contributed by atoms with Gasteiger partial charge in [-0.15, -0.1) is 0 Å². The number of alkyl halides is 2. The van der Waals surface area contributed by atoms with Gasteiger partial charge in [-0.05, 0) is 17.2 Å². The summed E-state index contributed by atoms with van der Waals surface area (Å²) in [6.45, 7) is 0.109. The first-order valence-corrected chi connectivity index (χ1v) is 6.57. The minimum atomic E-state index is -3.39. The molecule has 110 valence electrons. The molecule has 0 radical (unpaired) electrons. The Hall–Kier alpha value is -2.24. The van der Waals surface area contributed by atoms with Crippen molar-refractivity contribution in [3.63, 3.8) is 0 Å². The number of likely N-dealkylation sites (tertiary alicyclic amines) is 1. The van der Waals surface area contributed by atoms with Crippen LogP contribution in [-0.4, -0.2) is 35.8 Å². The van der Waals surface area contributed by atoms with Crippen molar-refractivity contribution in [3.05, 3.63) is 47.5 Å². The summed E-state index contributed by atoms with van der Waals surface area (Å²) < 4.78 is 31.5. The highest BCUT2D eigenvalue weighted by molar-refractivity contribution is 5.96. The summed E-state index contributed by atoms with van der Waals surface area (Å²) >= 11 is 0. The summed E-state index contributed by atoms with van der Waals surface area (Å²) in [5.74, 6) is -5.40. The molecule has 6 heteroatoms. The number of ether oxygens (including phenoxy) is 1. The van der Waals surface area contributed by atoms with Crippen LogP contribution in [0.3, 0.4) is 0 Å². The molecular formula is C15H13F2NO3. The van der Waals surface area contributed by atoms with Gasteiger partial charge in [-0.25, -0.2) is 4.79 Å². The quantitative estimate of drug-likeness (QED) is 0.787. The van der Waals surface area contributed by atoms with Crippen molar-refractivity contribution >= 4 is 11.9 Å². The van der Waals surface area contributed by atoms with Gasteiger partial charge in [-0.3, -0.25) is 4.79 Å². The monoisotopic (exact) mass is 293 g/mol. The molecule has 1 saturated heterocycles. The molecule has 0 spiro atoms. The van der Waals surface area contributed by atoms with Crippen LogP contribution in [0.4, 0.5) is 13.6 Å². The van der Waals surface area contributed by atoms with Gasteiger partial charge in [-0.2, -0.15) is 8.78 Å². The molecule has 1 aliphatic carbocycles. The van der Waals surface area contributed by atoms with E-state index in [4.69, 9.17) is 4.74 Å². The van der Waals surface area contributed by atoms with Gasteiger partial charge in [0.1, 0.15) is 6.61 Å². The predicted molar refractivity (Wildman–Crippen MR) is 69.7 cm³/mol. The first-order chi connectivity index (χ1) is 9.97. The van der Waals surface area contributed by atoms with Crippen LogP contribution in [-0.2, 0) is 16.1 Å². The van der Waals surface area contributed by atoms with E-state index >= 15 is 0 Å². The minimum Gasteiger partial charge on any atom is -0.445 e. The number of fused-ring (bicyclic) bond motifs is 1. The number of hydrogen-bond donors (Lipinski definition) is 0. The molecule has 1 heterocycles. The molecule has 1 unspecified atom stereocenters. The van der Waals surface area contributed by atoms with E-state index < -0.39 is 23.7 Å². The fraction of sp³-hybridized carbons (Fsp3) is 0.333. The highest BCUT2D eigenvalue weighted by atomic mass is 19.3. The third kappa shape index (κ3) is 2.53. The zero-order valence-corrected chi connectivity index (χ0v) is 11.1. The van der Waals surface area contributed by atoms with Gasteiger partial charge in [0.05, 0.1) is 5.92 Å². The van der Waals surface area contributed by atoms with Crippen LogP contribution in [0.25, 0.3) is 0 Å². The van der Waals surface area contributed by atoms with Gasteiger partial charge in [0.2, 0.25) is 5.78 Å². The average molecular weight is 293 g/mol. The first-order valence-electron chi connectivity index (χ1n) is 6.57. The molecular weight excluding hydrogens is 280 g/mol. The zero-order valence-electron chi connectivity index (χ0n) is 11.1. The van der Waals surface area contributed by atoms with E-state index in [0.717, 1.165) is 5.56 Å². The van der Waals surface area contributed by atoms with Crippen LogP contribution in [0.1, 0.15) is 5.56 Å². The van der Waals surface area contributed by atoms with Crippen LogP contribution in [0.2, 0.25) is 0 Å². The first kappa shape index (κ1) is 13.7. The van der Waals surface area contributed by atoms with Crippen LogP contribution < -0.4 is 0 Å². The van der Waals surface area contributed by atoms with Crippen molar-refractivity contribution in [2.45, 2.75) is 12.5 Å². The smallest absolute Gasteiger partial charge is 0.410 e. The predicted octanol–water partition coefficient (Wildman–Crippen LogP) is 2.40. The topological polar surface area (TPSA) is 46.6 Å². The lowest BCUT2D eigenvalue weighted by molar-refractivity contribution is -0.137. The zero-order chi connectivity index (χ0) is 15.0. The molecule has 0 N–H and O–H groups in total. The number of nitrogens with zero attached hydrogens (tertiary/aromatic N) is 1. The van der Waals surface area contributed by atoms with Gasteiger partial charge >= 0.3 is 12.0 Å². The highest BCUT2D eigenvalue weighted by Gasteiger charge is 2.52. The van der Waals surface area contributed by atoms with Crippen LogP contribution in [0.5, 0.6) is 0 Å². The number of carbonyl (C=O) groups is 2. The van der Waals surface area contributed by atoms with Gasteiger partial charge in [-0.1, -0.05) is 30.3 Å². The van der Waals surface area contributed by atoms with Crippen LogP contribution >= 0.6 is 0 Å². The second-order valence-electron chi connectivity index (χ2n) is 5.18. The summed E-state index contributed by atoms with van der Waals surface area (Å²) in [6, 6.07) is 9.15. The second-order valence-corrected chi connectivity index (χ2v) is 5.18. The van der Waals surface area contributed by atoms with Crippen LogP contribution in [0, 0.1) is 5.92 Å². The molecule has 1 aliphatic heterocycles. The van der Waals surface area contributed by atoms with E-state index in [-0.39, 0.29) is 19.7 Å². The maximum atomic E-state index is 13.2. The summed E-state index contributed by atoms with van der Waals surface area (Å²) in [6.07, 6.45) is 0.0788. The van der Waals surface area contributed by atoms with E-state index in [1.165, 1.54) is 4.90 Å². The highest BCUT2D eigenvalue weighted by Crippen LogP contribution is 2.38. The van der Waals surface area contributed by atoms with Crippen molar-refractivity contribution in [3.8, 4) is 0 Å². The maximum absolute atomic E-state index is 13.2. The molecule has 0 bridgehead atoms. The Labute approximate surface area is 120 Å². The molecule has 1 amide bonds. The van der Waals surface area contributed by atoms with Crippen LogP contribution in [0.15, 0.2) is 42.0 Å². The van der Waals surface area contributed by atoms with E-state index in [1.54, 1.807) is 0 Å². The third-order valence-electron chi connectivity index (χ3n) is 3.70. The van der Waals surface area contributed by atoms with Gasteiger partial charge in [0.25, 0.3) is 0 Å². The molecule has 1 aromatic carbocycles. The normalized spacial score (nSPS) is 23.0. The third-order valence-corrected chi connectivity index (χ3v) is 3.70. The number of carbonyl (C=O) groups excluding carboxylic acids is 2. The standard InChI is InChI=1S/C15H13F2NO3/c16-15(17)6-11-7-18(8-12(11)13(15)19)14(20)21-9-10-4-2-1-3-5-10/h1-6,12H,7-9H2. The van der Waals surface area contributed by atoms with Crippen molar-refractivity contribution in [1.82, 2.24) is 4.90 Å². The lowest BCUT2D eigenvalue weighted by Crippen LogP contribution is -2.34. The molecule has 0 aromatic heterocycles. The Balaban J connectivity index is 1.60. The number of amides is 1. The molecule has 4 nitrogen and oxygen atoms in total. The number of Topliss-reactive ketones (excluding diaryl/α,β-unsaturated/α-hetero) is 1. The molecule has 1 atom stereocenters. The fourth-order valence-electron chi connectivity index (χ4n) is 2.62. The van der Waals surface area contributed by atoms with E-state index in [0.29, 0.717) is 11.6 Å². The van der Waals surface area contributed by atoms with E-state index in [1.807, 2.05) is 30.3 Å². The van der Waals surface area contributed by atoms with Crippen molar-refractivity contribution in [2.75, 3.05) is 13.1 Å². The molecule has 0 saturated carbocycles. The lowest BCUT2D eigenvalue weighted by atomic mass is 10.0. The Bertz CT molecular complexity index is 613. The van der Waals surface area contributed by atoms with Gasteiger partial charge in [0.15, 0.2) is 0 Å². The van der Waals surface area contributed by atoms with Crippen molar-refractivity contribution in [1.29, 1.82) is 0 Å². The molecule has 1 fully saturated rings. The fourth-order valence-corrected chi connectivity index (χ4v) is 2.62. The van der Waals surface area contributed by atoms with Gasteiger partial charge < -0.3 is 9.64 Å². The number of hydrogen-bond acceptors (Lipinski definition) is 3. The number of benzene rings is 1. The van der Waals surface area contributed by atoms with E-state index in [2.05, 4.69) is 0 Å². The summed E-state index contributed by atoms with van der Waals surface area (Å²) in [7, 11) is 0. The van der Waals surface area contributed by atoms with Gasteiger partial charge in [0, 0.05) is 13.1 Å². The van der Waals surface area contributed by atoms with E-state index in [9.17, 15) is 18.4 Å². The van der Waals surface area contributed by atoms with Crippen molar-refractivity contribution < 1.29 is 23.1 Å². The Kier molecular flexibility index (Phi) is 3.23. The Morgan fingerprint density at radius 1 is 1.33 bits per heavy atom. The molecule has 21 heavy (non-hydrogen) atoms. The Morgan fingerprint density at radius 3 is 2.71 bits per heavy atom. The Morgan fingerprint density at radius 2 is 2.05 bits per heavy atom.